The van der Waals surface area contributed by atoms with Crippen LogP contribution in [0.2, 0.25) is 0 Å². The van der Waals surface area contributed by atoms with Crippen LogP contribution < -0.4 is 5.14 Å². The van der Waals surface area contributed by atoms with Crippen LogP contribution in [-0.2, 0) is 16.1 Å². The Hall–Kier alpha value is 0.230. The fraction of sp³-hybridized carbons (Fsp3) is 1.00. The summed E-state index contributed by atoms with van der Waals surface area (Å²) in [5.41, 5.74) is 0.276. The highest BCUT2D eigenvalue weighted by Crippen LogP contribution is 2.54. The van der Waals surface area contributed by atoms with Gasteiger partial charge in [0.15, 0.2) is 0 Å². The SMILES string of the molecule is CC(C)(CC1(C2CC2)CCOC1)[S+](N)[O-]. The molecular weight excluding hydrogens is 210 g/mol. The van der Waals surface area contributed by atoms with Crippen LogP contribution in [0.3, 0.4) is 0 Å². The Kier molecular flexibility index (Phi) is 3.05. The zero-order chi connectivity index (χ0) is 11.1. The van der Waals surface area contributed by atoms with Crippen LogP contribution in [0.4, 0.5) is 0 Å². The van der Waals surface area contributed by atoms with Crippen molar-refractivity contribution in [3.8, 4) is 0 Å². The number of ether oxygens (including phenoxy) is 1. The van der Waals surface area contributed by atoms with Gasteiger partial charge in [0.05, 0.1) is 6.61 Å². The van der Waals surface area contributed by atoms with E-state index in [0.717, 1.165) is 32.0 Å². The van der Waals surface area contributed by atoms with Gasteiger partial charge in [0.25, 0.3) is 0 Å². The summed E-state index contributed by atoms with van der Waals surface area (Å²) in [6, 6.07) is 0. The van der Waals surface area contributed by atoms with Crippen molar-refractivity contribution >= 4 is 11.4 Å². The summed E-state index contributed by atoms with van der Waals surface area (Å²) in [6.45, 7) is 5.72. The summed E-state index contributed by atoms with van der Waals surface area (Å²) in [6.07, 6.45) is 4.69. The van der Waals surface area contributed by atoms with E-state index < -0.39 is 11.4 Å². The van der Waals surface area contributed by atoms with Crippen LogP contribution in [0, 0.1) is 11.3 Å². The van der Waals surface area contributed by atoms with E-state index in [4.69, 9.17) is 9.88 Å². The molecule has 0 spiro atoms. The lowest BCUT2D eigenvalue weighted by molar-refractivity contribution is 0.123. The van der Waals surface area contributed by atoms with Crippen molar-refractivity contribution in [1.82, 2.24) is 0 Å². The maximum Gasteiger partial charge on any atom is 0.140 e. The van der Waals surface area contributed by atoms with Crippen LogP contribution >= 0.6 is 0 Å². The first-order chi connectivity index (χ1) is 6.96. The molecule has 88 valence electrons. The predicted octanol–water partition coefficient (Wildman–Crippen LogP) is 1.59. The highest BCUT2D eigenvalue weighted by Gasteiger charge is 2.52. The zero-order valence-corrected chi connectivity index (χ0v) is 10.4. The van der Waals surface area contributed by atoms with Crippen LogP contribution in [0.5, 0.6) is 0 Å². The summed E-state index contributed by atoms with van der Waals surface area (Å²) in [5, 5.41) is 5.56. The molecule has 0 aromatic rings. The van der Waals surface area contributed by atoms with Crippen molar-refractivity contribution in [1.29, 1.82) is 0 Å². The topological polar surface area (TPSA) is 58.3 Å². The molecule has 2 N–H and O–H groups in total. The van der Waals surface area contributed by atoms with Gasteiger partial charge in [0.2, 0.25) is 0 Å². The standard InChI is InChI=1S/C11H21NO2S/c1-10(2,15(12)13)7-11(9-3-4-9)5-6-14-8-11/h9H,3-8,12H2,1-2H3. The molecule has 1 saturated carbocycles. The first-order valence-corrected chi connectivity index (χ1v) is 6.92. The van der Waals surface area contributed by atoms with Crippen LogP contribution in [0.15, 0.2) is 0 Å². The number of hydrogen-bond donors (Lipinski definition) is 1. The van der Waals surface area contributed by atoms with Crippen molar-refractivity contribution in [2.75, 3.05) is 13.2 Å². The first-order valence-electron chi connectivity index (χ1n) is 5.70. The molecule has 2 aliphatic rings. The van der Waals surface area contributed by atoms with Gasteiger partial charge in [-0.3, -0.25) is 0 Å². The molecule has 0 bridgehead atoms. The Labute approximate surface area is 95.1 Å². The Morgan fingerprint density at radius 1 is 1.53 bits per heavy atom. The average Bonchev–Trinajstić information content (AvgIpc) is 2.89. The molecule has 2 atom stereocenters. The fourth-order valence-corrected chi connectivity index (χ4v) is 3.27. The minimum Gasteiger partial charge on any atom is -0.598 e. The summed E-state index contributed by atoms with van der Waals surface area (Å²) in [4.78, 5) is 0. The Balaban J connectivity index is 2.06. The molecular formula is C11H21NO2S. The van der Waals surface area contributed by atoms with E-state index in [1.807, 2.05) is 13.8 Å². The van der Waals surface area contributed by atoms with Crippen molar-refractivity contribution in [3.63, 3.8) is 0 Å². The van der Waals surface area contributed by atoms with E-state index in [2.05, 4.69) is 0 Å². The monoisotopic (exact) mass is 231 g/mol. The summed E-state index contributed by atoms with van der Waals surface area (Å²) >= 11 is -1.24. The number of rotatable bonds is 4. The molecule has 0 aromatic heterocycles. The van der Waals surface area contributed by atoms with E-state index in [9.17, 15) is 4.55 Å². The lowest BCUT2D eigenvalue weighted by Gasteiger charge is -2.35. The normalized spacial score (nSPS) is 34.4. The molecule has 4 heteroatoms. The third kappa shape index (κ3) is 2.33. The highest BCUT2D eigenvalue weighted by atomic mass is 32.2. The van der Waals surface area contributed by atoms with Gasteiger partial charge < -0.3 is 9.29 Å². The summed E-state index contributed by atoms with van der Waals surface area (Å²) in [7, 11) is 0. The maximum atomic E-state index is 11.5. The first kappa shape index (κ1) is 11.7. The van der Waals surface area contributed by atoms with E-state index >= 15 is 0 Å². The minimum atomic E-state index is -1.24. The molecule has 2 unspecified atom stereocenters. The highest BCUT2D eigenvalue weighted by molar-refractivity contribution is 7.90. The molecule has 0 aromatic carbocycles. The van der Waals surface area contributed by atoms with E-state index in [0.29, 0.717) is 0 Å². The summed E-state index contributed by atoms with van der Waals surface area (Å²) in [5.74, 6) is 0.794. The fourth-order valence-electron chi connectivity index (χ4n) is 2.84. The van der Waals surface area contributed by atoms with Gasteiger partial charge in [0.1, 0.15) is 4.75 Å². The molecule has 1 aliphatic heterocycles. The number of hydrogen-bond acceptors (Lipinski definition) is 3. The van der Waals surface area contributed by atoms with E-state index in [1.165, 1.54) is 12.8 Å². The van der Waals surface area contributed by atoms with Crippen LogP contribution in [-0.4, -0.2) is 22.5 Å². The number of nitrogens with two attached hydrogens (primary N) is 1. The van der Waals surface area contributed by atoms with Gasteiger partial charge in [-0.1, -0.05) is 0 Å². The van der Waals surface area contributed by atoms with Gasteiger partial charge in [-0.05, 0) is 39.0 Å². The van der Waals surface area contributed by atoms with Crippen molar-refractivity contribution in [2.24, 2.45) is 16.5 Å². The van der Waals surface area contributed by atoms with Crippen molar-refractivity contribution in [3.05, 3.63) is 0 Å². The molecule has 1 heterocycles. The quantitative estimate of drug-likeness (QED) is 0.748. The molecule has 0 radical (unpaired) electrons. The van der Waals surface area contributed by atoms with Gasteiger partial charge in [0, 0.05) is 29.8 Å². The third-order valence-electron chi connectivity index (χ3n) is 3.90. The maximum absolute atomic E-state index is 11.5. The molecule has 1 aliphatic carbocycles. The second kappa shape index (κ2) is 3.91. The Bertz CT molecular complexity index is 233. The smallest absolute Gasteiger partial charge is 0.140 e. The lowest BCUT2D eigenvalue weighted by atomic mass is 9.75. The minimum absolute atomic E-state index is 0.276. The second-order valence-electron chi connectivity index (χ2n) is 5.67. The second-order valence-corrected chi connectivity index (χ2v) is 7.37. The average molecular weight is 231 g/mol. The zero-order valence-electron chi connectivity index (χ0n) is 9.62. The van der Waals surface area contributed by atoms with Crippen LogP contribution in [0.1, 0.15) is 39.5 Å². The lowest BCUT2D eigenvalue weighted by Crippen LogP contribution is -2.43. The van der Waals surface area contributed by atoms with Crippen molar-refractivity contribution in [2.45, 2.75) is 44.3 Å². The molecule has 15 heavy (non-hydrogen) atoms. The van der Waals surface area contributed by atoms with Gasteiger partial charge in [-0.15, -0.1) is 0 Å². The van der Waals surface area contributed by atoms with Crippen molar-refractivity contribution < 1.29 is 9.29 Å². The van der Waals surface area contributed by atoms with Gasteiger partial charge in [-0.2, -0.15) is 5.14 Å². The molecule has 0 amide bonds. The molecule has 3 nitrogen and oxygen atoms in total. The Morgan fingerprint density at radius 3 is 2.60 bits per heavy atom. The molecule has 2 fully saturated rings. The van der Waals surface area contributed by atoms with Gasteiger partial charge >= 0.3 is 0 Å². The van der Waals surface area contributed by atoms with E-state index in [-0.39, 0.29) is 10.2 Å². The molecule has 2 rings (SSSR count). The van der Waals surface area contributed by atoms with Crippen LogP contribution in [0.25, 0.3) is 0 Å². The van der Waals surface area contributed by atoms with E-state index in [1.54, 1.807) is 0 Å². The third-order valence-corrected chi connectivity index (χ3v) is 5.13. The Morgan fingerprint density at radius 2 is 2.20 bits per heavy atom. The van der Waals surface area contributed by atoms with Gasteiger partial charge in [-0.25, -0.2) is 0 Å². The largest absolute Gasteiger partial charge is 0.598 e. The predicted molar refractivity (Wildman–Crippen MR) is 61.6 cm³/mol. The summed E-state index contributed by atoms with van der Waals surface area (Å²) < 4.78 is 16.8. The molecule has 1 saturated heterocycles.